The molecule has 0 fully saturated rings. The van der Waals surface area contributed by atoms with Crippen molar-refractivity contribution in [1.29, 1.82) is 0 Å². The molecule has 0 aliphatic rings. The number of hydrogen-bond donors (Lipinski definition) is 2. The van der Waals surface area contributed by atoms with E-state index in [1.165, 1.54) is 0 Å². The summed E-state index contributed by atoms with van der Waals surface area (Å²) in [6.07, 6.45) is -0.356. The van der Waals surface area contributed by atoms with Gasteiger partial charge in [0.25, 0.3) is 0 Å². The van der Waals surface area contributed by atoms with E-state index >= 15 is 0 Å². The molecule has 22 heavy (non-hydrogen) atoms. The molecule has 118 valence electrons. The van der Waals surface area contributed by atoms with Crippen molar-refractivity contribution in [2.45, 2.75) is 32.5 Å². The van der Waals surface area contributed by atoms with Crippen molar-refractivity contribution < 1.29 is 23.9 Å². The zero-order chi connectivity index (χ0) is 16.5. The summed E-state index contributed by atoms with van der Waals surface area (Å²) in [6.45, 7) is 5.36. The van der Waals surface area contributed by atoms with Crippen LogP contribution in [0.25, 0.3) is 10.8 Å². The molecule has 0 radical (unpaired) electrons. The van der Waals surface area contributed by atoms with E-state index in [9.17, 15) is 9.36 Å². The van der Waals surface area contributed by atoms with Gasteiger partial charge in [-0.05, 0) is 49.2 Å². The Bertz CT molecular complexity index is 755. The molecule has 6 heteroatoms. The normalized spacial score (nSPS) is 12.4. The highest BCUT2D eigenvalue weighted by atomic mass is 31.2. The molecular weight excluding hydrogens is 303 g/mol. The van der Waals surface area contributed by atoms with Gasteiger partial charge in [-0.2, -0.15) is 0 Å². The Morgan fingerprint density at radius 1 is 1.18 bits per heavy atom. The number of fused-ring (bicyclic) bond motifs is 1. The molecule has 0 unspecified atom stereocenters. The van der Waals surface area contributed by atoms with Crippen LogP contribution in [-0.4, -0.2) is 21.4 Å². The SMILES string of the molecule is CC(C)(C)OC(=O)c1cccc2ccc(CP(=O)(O)O)cc12. The molecule has 0 amide bonds. The molecule has 0 aliphatic carbocycles. The quantitative estimate of drug-likeness (QED) is 0.668. The predicted molar refractivity (Wildman–Crippen MR) is 84.9 cm³/mol. The van der Waals surface area contributed by atoms with Crippen LogP contribution in [0.2, 0.25) is 0 Å². The monoisotopic (exact) mass is 322 g/mol. The highest BCUT2D eigenvalue weighted by Gasteiger charge is 2.20. The van der Waals surface area contributed by atoms with E-state index in [2.05, 4.69) is 0 Å². The number of esters is 1. The van der Waals surface area contributed by atoms with Gasteiger partial charge >= 0.3 is 13.6 Å². The van der Waals surface area contributed by atoms with Crippen LogP contribution in [0.5, 0.6) is 0 Å². The topological polar surface area (TPSA) is 83.8 Å². The maximum absolute atomic E-state index is 12.3. The fraction of sp³-hybridized carbons (Fsp3) is 0.312. The molecule has 0 aromatic heterocycles. The molecule has 0 bridgehead atoms. The van der Waals surface area contributed by atoms with Gasteiger partial charge in [0.2, 0.25) is 0 Å². The van der Waals surface area contributed by atoms with Crippen molar-refractivity contribution in [2.24, 2.45) is 0 Å². The van der Waals surface area contributed by atoms with Crippen LogP contribution in [-0.2, 0) is 15.5 Å². The van der Waals surface area contributed by atoms with Crippen LogP contribution in [0, 0.1) is 0 Å². The van der Waals surface area contributed by atoms with Gasteiger partial charge in [-0.25, -0.2) is 4.79 Å². The second-order valence-electron chi connectivity index (χ2n) is 6.19. The Labute approximate surface area is 129 Å². The lowest BCUT2D eigenvalue weighted by Crippen LogP contribution is -2.24. The predicted octanol–water partition coefficient (Wildman–Crippen LogP) is 3.47. The Morgan fingerprint density at radius 2 is 1.86 bits per heavy atom. The average molecular weight is 322 g/mol. The Morgan fingerprint density at radius 3 is 2.45 bits per heavy atom. The van der Waals surface area contributed by atoms with Crippen molar-refractivity contribution in [2.75, 3.05) is 0 Å². The summed E-state index contributed by atoms with van der Waals surface area (Å²) in [5.41, 5.74) is 0.264. The first-order chi connectivity index (χ1) is 10.1. The summed E-state index contributed by atoms with van der Waals surface area (Å²) >= 11 is 0. The third kappa shape index (κ3) is 4.41. The number of carbonyl (C=O) groups is 1. The zero-order valence-corrected chi connectivity index (χ0v) is 13.6. The molecule has 2 rings (SSSR count). The molecular formula is C16H19O5P. The van der Waals surface area contributed by atoms with E-state index in [-0.39, 0.29) is 6.16 Å². The molecule has 0 atom stereocenters. The zero-order valence-electron chi connectivity index (χ0n) is 12.7. The maximum Gasteiger partial charge on any atom is 0.339 e. The lowest BCUT2D eigenvalue weighted by molar-refractivity contribution is 0.00718. The number of hydrogen-bond acceptors (Lipinski definition) is 3. The molecule has 0 heterocycles. The molecule has 0 saturated carbocycles. The van der Waals surface area contributed by atoms with Crippen LogP contribution in [0.15, 0.2) is 36.4 Å². The summed E-state index contributed by atoms with van der Waals surface area (Å²) in [5, 5.41) is 1.44. The fourth-order valence-electron chi connectivity index (χ4n) is 2.17. The van der Waals surface area contributed by atoms with Gasteiger partial charge in [-0.1, -0.05) is 24.3 Å². The smallest absolute Gasteiger partial charge is 0.339 e. The lowest BCUT2D eigenvalue weighted by atomic mass is 10.0. The standard InChI is InChI=1S/C16H19O5P/c1-16(2,3)21-15(17)13-6-4-5-12-8-7-11(9-14(12)13)10-22(18,19)20/h4-9H,10H2,1-3H3,(H2,18,19,20). The molecule has 0 aliphatic heterocycles. The van der Waals surface area contributed by atoms with E-state index in [0.29, 0.717) is 16.5 Å². The van der Waals surface area contributed by atoms with E-state index in [0.717, 1.165) is 5.39 Å². The van der Waals surface area contributed by atoms with E-state index in [4.69, 9.17) is 14.5 Å². The summed E-state index contributed by atoms with van der Waals surface area (Å²) < 4.78 is 16.5. The molecule has 2 aromatic rings. The van der Waals surface area contributed by atoms with Gasteiger partial charge in [-0.15, -0.1) is 0 Å². The molecule has 2 aromatic carbocycles. The van der Waals surface area contributed by atoms with Crippen molar-refractivity contribution >= 4 is 24.3 Å². The largest absolute Gasteiger partial charge is 0.456 e. The van der Waals surface area contributed by atoms with Crippen molar-refractivity contribution in [3.63, 3.8) is 0 Å². The molecule has 2 N–H and O–H groups in total. The van der Waals surface area contributed by atoms with Crippen molar-refractivity contribution in [3.05, 3.63) is 47.5 Å². The van der Waals surface area contributed by atoms with Gasteiger partial charge < -0.3 is 14.5 Å². The van der Waals surface area contributed by atoms with E-state index in [1.807, 2.05) is 6.07 Å². The molecule has 5 nitrogen and oxygen atoms in total. The summed E-state index contributed by atoms with van der Waals surface area (Å²) in [7, 11) is -4.15. The van der Waals surface area contributed by atoms with Gasteiger partial charge in [0.15, 0.2) is 0 Å². The van der Waals surface area contributed by atoms with Gasteiger partial charge in [0.05, 0.1) is 11.7 Å². The Hall–Kier alpha value is -1.68. The summed E-state index contributed by atoms with van der Waals surface area (Å²) in [5.74, 6) is -0.452. The highest BCUT2D eigenvalue weighted by molar-refractivity contribution is 7.50. The van der Waals surface area contributed by atoms with Crippen molar-refractivity contribution in [3.8, 4) is 0 Å². The molecule has 0 spiro atoms. The maximum atomic E-state index is 12.3. The van der Waals surface area contributed by atoms with Crippen LogP contribution < -0.4 is 0 Å². The van der Waals surface area contributed by atoms with E-state index in [1.54, 1.807) is 51.1 Å². The Balaban J connectivity index is 2.48. The average Bonchev–Trinajstić information content (AvgIpc) is 2.33. The second-order valence-corrected chi connectivity index (χ2v) is 7.83. The third-order valence-electron chi connectivity index (χ3n) is 2.95. The highest BCUT2D eigenvalue weighted by Crippen LogP contribution is 2.39. The van der Waals surface area contributed by atoms with Gasteiger partial charge in [0.1, 0.15) is 5.60 Å². The minimum atomic E-state index is -4.15. The van der Waals surface area contributed by atoms with Gasteiger partial charge in [0, 0.05) is 0 Å². The second kappa shape index (κ2) is 5.84. The Kier molecular flexibility index (Phi) is 4.43. The van der Waals surface area contributed by atoms with E-state index < -0.39 is 19.2 Å². The number of carbonyl (C=O) groups excluding carboxylic acids is 1. The lowest BCUT2D eigenvalue weighted by Gasteiger charge is -2.20. The van der Waals surface area contributed by atoms with Crippen LogP contribution in [0.4, 0.5) is 0 Å². The first kappa shape index (κ1) is 16.7. The van der Waals surface area contributed by atoms with Gasteiger partial charge in [-0.3, -0.25) is 4.57 Å². The first-order valence-corrected chi connectivity index (χ1v) is 8.64. The third-order valence-corrected chi connectivity index (χ3v) is 3.73. The minimum Gasteiger partial charge on any atom is -0.456 e. The summed E-state index contributed by atoms with van der Waals surface area (Å²) in [6, 6.07) is 10.3. The van der Waals surface area contributed by atoms with Crippen LogP contribution in [0.3, 0.4) is 0 Å². The van der Waals surface area contributed by atoms with Crippen LogP contribution in [0.1, 0.15) is 36.7 Å². The van der Waals surface area contributed by atoms with Crippen LogP contribution >= 0.6 is 7.60 Å². The summed E-state index contributed by atoms with van der Waals surface area (Å²) in [4.78, 5) is 30.5. The molecule has 0 saturated heterocycles. The van der Waals surface area contributed by atoms with Crippen molar-refractivity contribution in [1.82, 2.24) is 0 Å². The number of benzene rings is 2. The number of rotatable bonds is 3. The minimum absolute atomic E-state index is 0.356. The number of ether oxygens (including phenoxy) is 1. The fourth-order valence-corrected chi connectivity index (χ4v) is 2.84. The first-order valence-electron chi connectivity index (χ1n) is 6.85.